The summed E-state index contributed by atoms with van der Waals surface area (Å²) in [5.41, 5.74) is 0.978. The SMILES string of the molecule is Cc1cccc(C[C@H](NS(=O)C(C)(C)C)C(F)(F)F)n1. The van der Waals surface area contributed by atoms with Crippen molar-refractivity contribution in [3.63, 3.8) is 0 Å². The summed E-state index contributed by atoms with van der Waals surface area (Å²) in [6.45, 7) is 6.57. The molecule has 0 aliphatic heterocycles. The van der Waals surface area contributed by atoms with Crippen molar-refractivity contribution < 1.29 is 17.4 Å². The predicted octanol–water partition coefficient (Wildman–Crippen LogP) is 2.92. The molecule has 7 heteroatoms. The monoisotopic (exact) mass is 308 g/mol. The first kappa shape index (κ1) is 17.1. The third kappa shape index (κ3) is 5.20. The number of hydrogen-bond acceptors (Lipinski definition) is 2. The van der Waals surface area contributed by atoms with Gasteiger partial charge in [0.25, 0.3) is 0 Å². The Bertz CT molecular complexity index is 483. The summed E-state index contributed by atoms with van der Waals surface area (Å²) in [4.78, 5) is 4.06. The molecule has 0 spiro atoms. The van der Waals surface area contributed by atoms with Gasteiger partial charge in [0.05, 0.1) is 15.7 Å². The molecule has 1 unspecified atom stereocenters. The van der Waals surface area contributed by atoms with E-state index in [2.05, 4.69) is 9.71 Å². The van der Waals surface area contributed by atoms with Crippen molar-refractivity contribution in [2.45, 2.75) is 51.1 Å². The molecule has 0 aliphatic carbocycles. The highest BCUT2D eigenvalue weighted by molar-refractivity contribution is 7.84. The molecule has 1 aromatic rings. The summed E-state index contributed by atoms with van der Waals surface area (Å²) >= 11 is 0. The molecular weight excluding hydrogens is 289 g/mol. The van der Waals surface area contributed by atoms with Crippen molar-refractivity contribution in [3.8, 4) is 0 Å². The van der Waals surface area contributed by atoms with Crippen LogP contribution in [0, 0.1) is 6.92 Å². The number of rotatable bonds is 4. The number of nitrogens with one attached hydrogen (secondary N) is 1. The Morgan fingerprint density at radius 3 is 2.35 bits per heavy atom. The summed E-state index contributed by atoms with van der Waals surface area (Å²) in [5.74, 6) is 0. The maximum absolute atomic E-state index is 13.0. The van der Waals surface area contributed by atoms with Crippen molar-refractivity contribution in [2.24, 2.45) is 0 Å². The van der Waals surface area contributed by atoms with E-state index in [-0.39, 0.29) is 6.42 Å². The number of nitrogens with zero attached hydrogens (tertiary/aromatic N) is 1. The highest BCUT2D eigenvalue weighted by atomic mass is 32.2. The fourth-order valence-electron chi connectivity index (χ4n) is 1.45. The van der Waals surface area contributed by atoms with Crippen LogP contribution in [0.15, 0.2) is 18.2 Å². The van der Waals surface area contributed by atoms with Crippen LogP contribution in [0.3, 0.4) is 0 Å². The molecule has 0 aliphatic rings. The van der Waals surface area contributed by atoms with Crippen molar-refractivity contribution in [1.29, 1.82) is 0 Å². The van der Waals surface area contributed by atoms with E-state index >= 15 is 0 Å². The Hall–Kier alpha value is -0.950. The first-order valence-corrected chi connectivity index (χ1v) is 7.32. The molecular formula is C13H19F3N2OS. The highest BCUT2D eigenvalue weighted by Gasteiger charge is 2.42. The van der Waals surface area contributed by atoms with Gasteiger partial charge in [-0.05, 0) is 39.8 Å². The minimum absolute atomic E-state index is 0.325. The molecule has 1 aromatic heterocycles. The average molecular weight is 308 g/mol. The zero-order valence-corrected chi connectivity index (χ0v) is 12.7. The summed E-state index contributed by atoms with van der Waals surface area (Å²) < 4.78 is 52.4. The molecule has 0 fully saturated rings. The van der Waals surface area contributed by atoms with Gasteiger partial charge in [-0.1, -0.05) is 6.07 Å². The molecule has 3 nitrogen and oxygen atoms in total. The van der Waals surface area contributed by atoms with Crippen molar-refractivity contribution in [1.82, 2.24) is 9.71 Å². The number of hydrogen-bond donors (Lipinski definition) is 1. The number of alkyl halides is 3. The van der Waals surface area contributed by atoms with Gasteiger partial charge in [-0.2, -0.15) is 13.2 Å². The van der Waals surface area contributed by atoms with Gasteiger partial charge in [-0.3, -0.25) is 4.98 Å². The fraction of sp³-hybridized carbons (Fsp3) is 0.615. The zero-order valence-electron chi connectivity index (χ0n) is 11.9. The van der Waals surface area contributed by atoms with Crippen molar-refractivity contribution in [2.75, 3.05) is 0 Å². The molecule has 114 valence electrons. The second-order valence-electron chi connectivity index (χ2n) is 5.57. The third-order valence-electron chi connectivity index (χ3n) is 2.56. The van der Waals surface area contributed by atoms with Gasteiger partial charge in [0.15, 0.2) is 0 Å². The lowest BCUT2D eigenvalue weighted by molar-refractivity contribution is -0.150. The minimum Gasteiger partial charge on any atom is -0.258 e. The van der Waals surface area contributed by atoms with Crippen LogP contribution in [-0.4, -0.2) is 26.2 Å². The van der Waals surface area contributed by atoms with E-state index in [9.17, 15) is 17.4 Å². The van der Waals surface area contributed by atoms with Crippen LogP contribution in [-0.2, 0) is 17.4 Å². The van der Waals surface area contributed by atoms with Crippen LogP contribution < -0.4 is 4.72 Å². The Morgan fingerprint density at radius 2 is 1.90 bits per heavy atom. The maximum Gasteiger partial charge on any atom is 0.405 e. The van der Waals surface area contributed by atoms with Crippen LogP contribution in [0.5, 0.6) is 0 Å². The lowest BCUT2D eigenvalue weighted by atomic mass is 10.1. The van der Waals surface area contributed by atoms with Gasteiger partial charge in [-0.15, -0.1) is 0 Å². The lowest BCUT2D eigenvalue weighted by Gasteiger charge is -2.25. The smallest absolute Gasteiger partial charge is 0.258 e. The van der Waals surface area contributed by atoms with E-state index in [0.29, 0.717) is 11.4 Å². The Morgan fingerprint density at radius 1 is 1.30 bits per heavy atom. The van der Waals surface area contributed by atoms with E-state index in [1.165, 1.54) is 6.07 Å². The Kier molecular flexibility index (Phi) is 5.32. The first-order valence-electron chi connectivity index (χ1n) is 6.17. The fourth-order valence-corrected chi connectivity index (χ4v) is 2.28. The molecule has 0 radical (unpaired) electrons. The summed E-state index contributed by atoms with van der Waals surface area (Å²) in [6.07, 6.45) is -4.82. The topological polar surface area (TPSA) is 42.0 Å². The van der Waals surface area contributed by atoms with Crippen molar-refractivity contribution >= 4 is 11.0 Å². The summed E-state index contributed by atoms with van der Waals surface area (Å²) in [6, 6.07) is 3.03. The molecule has 1 N–H and O–H groups in total. The van der Waals surface area contributed by atoms with Gasteiger partial charge in [0.2, 0.25) is 0 Å². The molecule has 1 heterocycles. The van der Waals surface area contributed by atoms with Crippen LogP contribution in [0.2, 0.25) is 0 Å². The number of halogens is 3. The predicted molar refractivity (Wildman–Crippen MR) is 73.6 cm³/mol. The molecule has 0 amide bonds. The van der Waals surface area contributed by atoms with E-state index in [4.69, 9.17) is 0 Å². The Labute approximate surface area is 119 Å². The van der Waals surface area contributed by atoms with Crippen LogP contribution in [0.25, 0.3) is 0 Å². The van der Waals surface area contributed by atoms with Crippen LogP contribution in [0.1, 0.15) is 32.2 Å². The number of pyridine rings is 1. The second-order valence-corrected chi connectivity index (χ2v) is 7.57. The van der Waals surface area contributed by atoms with E-state index in [0.717, 1.165) is 0 Å². The van der Waals surface area contributed by atoms with Crippen LogP contribution >= 0.6 is 0 Å². The average Bonchev–Trinajstić information content (AvgIpc) is 2.25. The molecule has 0 bridgehead atoms. The summed E-state index contributed by atoms with van der Waals surface area (Å²) in [5, 5.41) is 0. The minimum atomic E-state index is -4.48. The third-order valence-corrected chi connectivity index (χ3v) is 4.17. The maximum atomic E-state index is 13.0. The number of aryl methyl sites for hydroxylation is 1. The van der Waals surface area contributed by atoms with Gasteiger partial charge >= 0.3 is 6.18 Å². The largest absolute Gasteiger partial charge is 0.405 e. The van der Waals surface area contributed by atoms with Crippen LogP contribution in [0.4, 0.5) is 13.2 Å². The van der Waals surface area contributed by atoms with Gasteiger partial charge < -0.3 is 0 Å². The van der Waals surface area contributed by atoms with Gasteiger partial charge in [0, 0.05) is 17.8 Å². The molecule has 1 rings (SSSR count). The Balaban J connectivity index is 2.89. The van der Waals surface area contributed by atoms with Gasteiger partial charge in [-0.25, -0.2) is 8.93 Å². The molecule has 20 heavy (non-hydrogen) atoms. The molecule has 2 atom stereocenters. The van der Waals surface area contributed by atoms with Gasteiger partial charge in [0.1, 0.15) is 6.04 Å². The molecule has 0 aromatic carbocycles. The first-order chi connectivity index (χ1) is 9.00. The molecule has 0 saturated heterocycles. The standard InChI is InChI=1S/C13H19F3N2OS/c1-9-6-5-7-10(17-9)8-11(13(14,15)16)18-20(19)12(2,3)4/h5-7,11,18H,8H2,1-4H3/t11-,20?/m0/s1. The quantitative estimate of drug-likeness (QED) is 0.929. The number of aromatic nitrogens is 1. The van der Waals surface area contributed by atoms with E-state index in [1.54, 1.807) is 39.8 Å². The van der Waals surface area contributed by atoms with E-state index < -0.39 is 28.0 Å². The summed E-state index contributed by atoms with van der Waals surface area (Å²) in [7, 11) is -1.79. The second kappa shape index (κ2) is 6.22. The van der Waals surface area contributed by atoms with E-state index in [1.807, 2.05) is 0 Å². The molecule has 0 saturated carbocycles. The highest BCUT2D eigenvalue weighted by Crippen LogP contribution is 2.24. The van der Waals surface area contributed by atoms with Crippen molar-refractivity contribution in [3.05, 3.63) is 29.6 Å². The normalized spacial score (nSPS) is 15.9. The zero-order chi connectivity index (χ0) is 15.6. The lowest BCUT2D eigenvalue weighted by Crippen LogP contribution is -2.48.